The SMILES string of the molecule is Cc1ccc(C(=O)/C=C/c2ccc(COc3ccc(F)cc3Cl)o2)cc1. The number of halogens is 2. The topological polar surface area (TPSA) is 39.4 Å². The van der Waals surface area contributed by atoms with Crippen LogP contribution in [0.5, 0.6) is 5.75 Å². The third-order valence-electron chi connectivity index (χ3n) is 3.68. The molecular formula is C21H16ClFO3. The molecule has 0 bridgehead atoms. The molecule has 0 spiro atoms. The molecule has 0 saturated carbocycles. The van der Waals surface area contributed by atoms with Crippen molar-refractivity contribution in [3.8, 4) is 5.75 Å². The Morgan fingerprint density at radius 1 is 1.15 bits per heavy atom. The van der Waals surface area contributed by atoms with Gasteiger partial charge < -0.3 is 9.15 Å². The van der Waals surface area contributed by atoms with Gasteiger partial charge in [-0.25, -0.2) is 4.39 Å². The number of rotatable bonds is 6. The van der Waals surface area contributed by atoms with Crippen molar-refractivity contribution >= 4 is 23.5 Å². The van der Waals surface area contributed by atoms with Crippen molar-refractivity contribution in [3.63, 3.8) is 0 Å². The van der Waals surface area contributed by atoms with Crippen LogP contribution in [0.3, 0.4) is 0 Å². The number of furan rings is 1. The molecule has 0 aliphatic rings. The molecule has 1 aromatic heterocycles. The highest BCUT2D eigenvalue weighted by Gasteiger charge is 2.06. The second-order valence-corrected chi connectivity index (χ2v) is 6.14. The molecule has 3 nitrogen and oxygen atoms in total. The van der Waals surface area contributed by atoms with E-state index in [0.717, 1.165) is 5.56 Å². The van der Waals surface area contributed by atoms with E-state index in [1.54, 1.807) is 30.3 Å². The van der Waals surface area contributed by atoms with Gasteiger partial charge in [0.1, 0.15) is 29.7 Å². The summed E-state index contributed by atoms with van der Waals surface area (Å²) in [5, 5.41) is 0.195. The molecule has 0 radical (unpaired) electrons. The fourth-order valence-corrected chi connectivity index (χ4v) is 2.50. The number of carbonyl (C=O) groups is 1. The molecule has 3 aromatic rings. The van der Waals surface area contributed by atoms with E-state index in [1.165, 1.54) is 24.3 Å². The van der Waals surface area contributed by atoms with Gasteiger partial charge in [0.15, 0.2) is 5.78 Å². The summed E-state index contributed by atoms with van der Waals surface area (Å²) in [6.07, 6.45) is 3.07. The standard InChI is InChI=1S/C21H16ClFO3/c1-14-2-4-15(5-3-14)20(24)10-9-17-7-8-18(26-17)13-25-21-11-6-16(23)12-19(21)22/h2-12H,13H2,1H3/b10-9+. The third-order valence-corrected chi connectivity index (χ3v) is 3.98. The summed E-state index contributed by atoms with van der Waals surface area (Å²) >= 11 is 5.91. The zero-order chi connectivity index (χ0) is 18.5. The largest absolute Gasteiger partial charge is 0.484 e. The number of benzene rings is 2. The highest BCUT2D eigenvalue weighted by Crippen LogP contribution is 2.26. The number of aryl methyl sites for hydroxylation is 1. The Bertz CT molecular complexity index is 942. The van der Waals surface area contributed by atoms with Crippen molar-refractivity contribution < 1.29 is 18.3 Å². The van der Waals surface area contributed by atoms with E-state index in [-0.39, 0.29) is 17.4 Å². The summed E-state index contributed by atoms with van der Waals surface area (Å²) in [7, 11) is 0. The van der Waals surface area contributed by atoms with Crippen LogP contribution in [0.25, 0.3) is 6.08 Å². The van der Waals surface area contributed by atoms with Gasteiger partial charge in [-0.1, -0.05) is 41.4 Å². The highest BCUT2D eigenvalue weighted by molar-refractivity contribution is 6.32. The highest BCUT2D eigenvalue weighted by atomic mass is 35.5. The van der Waals surface area contributed by atoms with Crippen LogP contribution in [0.1, 0.15) is 27.4 Å². The van der Waals surface area contributed by atoms with Crippen molar-refractivity contribution in [1.82, 2.24) is 0 Å². The zero-order valence-corrected chi connectivity index (χ0v) is 14.8. The van der Waals surface area contributed by atoms with Gasteiger partial charge in [0.05, 0.1) is 5.02 Å². The quantitative estimate of drug-likeness (QED) is 0.403. The van der Waals surface area contributed by atoms with Crippen molar-refractivity contribution in [2.24, 2.45) is 0 Å². The lowest BCUT2D eigenvalue weighted by atomic mass is 10.1. The van der Waals surface area contributed by atoms with Crippen LogP contribution in [0.15, 0.2) is 65.1 Å². The van der Waals surface area contributed by atoms with Crippen molar-refractivity contribution in [1.29, 1.82) is 0 Å². The van der Waals surface area contributed by atoms with E-state index in [1.807, 2.05) is 19.1 Å². The fourth-order valence-electron chi connectivity index (χ4n) is 2.27. The van der Waals surface area contributed by atoms with Crippen molar-refractivity contribution in [3.05, 3.63) is 94.2 Å². The summed E-state index contributed by atoms with van der Waals surface area (Å²) in [4.78, 5) is 12.1. The smallest absolute Gasteiger partial charge is 0.185 e. The molecular weight excluding hydrogens is 355 g/mol. The first-order valence-corrected chi connectivity index (χ1v) is 8.35. The molecule has 0 aliphatic heterocycles. The molecule has 2 aromatic carbocycles. The Balaban J connectivity index is 1.60. The number of ketones is 1. The molecule has 132 valence electrons. The van der Waals surface area contributed by atoms with E-state index in [4.69, 9.17) is 20.8 Å². The first-order chi connectivity index (χ1) is 12.5. The molecule has 1 heterocycles. The molecule has 0 N–H and O–H groups in total. The lowest BCUT2D eigenvalue weighted by molar-refractivity contribution is 0.104. The van der Waals surface area contributed by atoms with Crippen LogP contribution < -0.4 is 4.74 Å². The van der Waals surface area contributed by atoms with Gasteiger partial charge in [-0.15, -0.1) is 0 Å². The Morgan fingerprint density at radius 3 is 2.65 bits per heavy atom. The van der Waals surface area contributed by atoms with Crippen LogP contribution in [0.2, 0.25) is 5.02 Å². The van der Waals surface area contributed by atoms with Gasteiger partial charge in [0, 0.05) is 5.56 Å². The van der Waals surface area contributed by atoms with Crippen LogP contribution in [-0.2, 0) is 6.61 Å². The maximum atomic E-state index is 13.0. The summed E-state index contributed by atoms with van der Waals surface area (Å²) in [5.74, 6) is 0.946. The molecule has 0 amide bonds. The predicted molar refractivity (Wildman–Crippen MR) is 99.0 cm³/mol. The molecule has 0 aliphatic carbocycles. The minimum Gasteiger partial charge on any atom is -0.484 e. The summed E-state index contributed by atoms with van der Waals surface area (Å²) in [6.45, 7) is 2.11. The van der Waals surface area contributed by atoms with Crippen LogP contribution >= 0.6 is 11.6 Å². The third kappa shape index (κ3) is 4.61. The molecule has 3 rings (SSSR count). The second kappa shape index (κ2) is 8.02. The van der Waals surface area contributed by atoms with Gasteiger partial charge in [-0.2, -0.15) is 0 Å². The van der Waals surface area contributed by atoms with Gasteiger partial charge in [0.25, 0.3) is 0 Å². The van der Waals surface area contributed by atoms with Gasteiger partial charge >= 0.3 is 0 Å². The van der Waals surface area contributed by atoms with E-state index in [0.29, 0.717) is 22.8 Å². The molecule has 0 fully saturated rings. The lowest BCUT2D eigenvalue weighted by Crippen LogP contribution is -1.94. The van der Waals surface area contributed by atoms with Crippen molar-refractivity contribution in [2.75, 3.05) is 0 Å². The van der Waals surface area contributed by atoms with Crippen LogP contribution in [0.4, 0.5) is 4.39 Å². The molecule has 0 saturated heterocycles. The minimum absolute atomic E-state index is 0.0997. The number of allylic oxidation sites excluding steroid dienone is 1. The summed E-state index contributed by atoms with van der Waals surface area (Å²) in [6, 6.07) is 14.8. The number of carbonyl (C=O) groups excluding carboxylic acids is 1. The Kier molecular flexibility index (Phi) is 5.54. The maximum absolute atomic E-state index is 13.0. The minimum atomic E-state index is -0.425. The summed E-state index contributed by atoms with van der Waals surface area (Å²) in [5.41, 5.74) is 1.72. The van der Waals surface area contributed by atoms with Gasteiger partial charge in [-0.05, 0) is 49.4 Å². The normalized spacial score (nSPS) is 11.0. The monoisotopic (exact) mass is 370 g/mol. The second-order valence-electron chi connectivity index (χ2n) is 5.73. The first-order valence-electron chi connectivity index (χ1n) is 7.97. The van der Waals surface area contributed by atoms with Crippen molar-refractivity contribution in [2.45, 2.75) is 13.5 Å². The van der Waals surface area contributed by atoms with E-state index < -0.39 is 5.82 Å². The Labute approximate surface area is 155 Å². The number of hydrogen-bond acceptors (Lipinski definition) is 3. The average Bonchev–Trinajstić information content (AvgIpc) is 3.07. The van der Waals surface area contributed by atoms with Gasteiger partial charge in [-0.3, -0.25) is 4.79 Å². The fraction of sp³-hybridized carbons (Fsp3) is 0.0952. The molecule has 0 unspecified atom stereocenters. The van der Waals surface area contributed by atoms with E-state index in [9.17, 15) is 9.18 Å². The lowest BCUT2D eigenvalue weighted by Gasteiger charge is -2.05. The summed E-state index contributed by atoms with van der Waals surface area (Å²) < 4.78 is 24.1. The number of ether oxygens (including phenoxy) is 1. The van der Waals surface area contributed by atoms with E-state index in [2.05, 4.69) is 0 Å². The number of hydrogen-bond donors (Lipinski definition) is 0. The molecule has 26 heavy (non-hydrogen) atoms. The Morgan fingerprint density at radius 2 is 1.92 bits per heavy atom. The maximum Gasteiger partial charge on any atom is 0.185 e. The van der Waals surface area contributed by atoms with Crippen LogP contribution in [0, 0.1) is 12.7 Å². The average molecular weight is 371 g/mol. The predicted octanol–water partition coefficient (Wildman–Crippen LogP) is 5.86. The Hall–Kier alpha value is -2.85. The first kappa shape index (κ1) is 18.0. The van der Waals surface area contributed by atoms with Crippen LogP contribution in [-0.4, -0.2) is 5.78 Å². The zero-order valence-electron chi connectivity index (χ0n) is 14.0. The van der Waals surface area contributed by atoms with Gasteiger partial charge in [0.2, 0.25) is 0 Å². The molecule has 0 atom stereocenters. The molecule has 5 heteroatoms. The van der Waals surface area contributed by atoms with E-state index >= 15 is 0 Å².